The summed E-state index contributed by atoms with van der Waals surface area (Å²) in [6.07, 6.45) is 0. The van der Waals surface area contributed by atoms with E-state index in [1.54, 1.807) is 6.07 Å². The molecule has 1 N–H and O–H groups in total. The summed E-state index contributed by atoms with van der Waals surface area (Å²) in [5.41, 5.74) is 2.72. The Morgan fingerprint density at radius 3 is 2.61 bits per heavy atom. The van der Waals surface area contributed by atoms with E-state index in [0.717, 1.165) is 16.8 Å². The van der Waals surface area contributed by atoms with E-state index in [1.807, 2.05) is 25.1 Å². The van der Waals surface area contributed by atoms with Crippen LogP contribution >= 0.6 is 23.2 Å². The molecule has 1 nitrogen and oxygen atoms in total. The molecule has 0 aliphatic heterocycles. The van der Waals surface area contributed by atoms with Crippen LogP contribution in [0.1, 0.15) is 11.1 Å². The summed E-state index contributed by atoms with van der Waals surface area (Å²) in [6.45, 7) is 2.46. The average Bonchev–Trinajstić information content (AvgIpc) is 2.29. The van der Waals surface area contributed by atoms with Gasteiger partial charge in [0.05, 0.1) is 10.7 Å². The van der Waals surface area contributed by atoms with Gasteiger partial charge < -0.3 is 5.32 Å². The number of hydrogen-bond donors (Lipinski definition) is 1. The lowest BCUT2D eigenvalue weighted by Crippen LogP contribution is -2.00. The van der Waals surface area contributed by atoms with Gasteiger partial charge in [-0.2, -0.15) is 0 Å². The second kappa shape index (κ2) is 5.59. The maximum atomic E-state index is 13.2. The lowest BCUT2D eigenvalue weighted by molar-refractivity contribution is 0.626. The van der Waals surface area contributed by atoms with Gasteiger partial charge in [-0.25, -0.2) is 4.39 Å². The van der Waals surface area contributed by atoms with E-state index in [9.17, 15) is 4.39 Å². The van der Waals surface area contributed by atoms with E-state index in [2.05, 4.69) is 5.32 Å². The Morgan fingerprint density at radius 2 is 1.89 bits per heavy atom. The zero-order valence-electron chi connectivity index (χ0n) is 9.81. The highest BCUT2D eigenvalue weighted by Gasteiger charge is 2.02. The topological polar surface area (TPSA) is 12.0 Å². The predicted octanol–water partition coefficient (Wildman–Crippen LogP) is 5.05. The third kappa shape index (κ3) is 3.37. The van der Waals surface area contributed by atoms with Crippen LogP contribution in [-0.2, 0) is 6.54 Å². The van der Waals surface area contributed by atoms with Crippen molar-refractivity contribution >= 4 is 28.9 Å². The number of benzene rings is 2. The molecule has 0 fully saturated rings. The van der Waals surface area contributed by atoms with Crippen LogP contribution < -0.4 is 5.32 Å². The molecule has 94 valence electrons. The maximum absolute atomic E-state index is 13.2. The molecule has 0 spiro atoms. The Labute approximate surface area is 116 Å². The highest BCUT2D eigenvalue weighted by Crippen LogP contribution is 2.24. The number of nitrogens with one attached hydrogen (secondary N) is 1. The molecule has 0 bridgehead atoms. The molecule has 0 unspecified atom stereocenters. The van der Waals surface area contributed by atoms with Crippen LogP contribution in [0.5, 0.6) is 0 Å². The second-order valence-corrected chi connectivity index (χ2v) is 4.96. The van der Waals surface area contributed by atoms with Gasteiger partial charge >= 0.3 is 0 Å². The standard InChI is InChI=1S/C14H12Cl2FN/c1-9-2-3-13(16)14(4-9)18-8-10-5-11(15)7-12(17)6-10/h2-7,18H,8H2,1H3. The molecule has 0 atom stereocenters. The molecule has 0 aliphatic carbocycles. The zero-order chi connectivity index (χ0) is 13.1. The van der Waals surface area contributed by atoms with Crippen LogP contribution in [0.3, 0.4) is 0 Å². The summed E-state index contributed by atoms with van der Waals surface area (Å²) in [5, 5.41) is 4.20. The van der Waals surface area contributed by atoms with Crippen LogP contribution in [0, 0.1) is 12.7 Å². The minimum Gasteiger partial charge on any atom is -0.380 e. The van der Waals surface area contributed by atoms with E-state index in [0.29, 0.717) is 16.6 Å². The molecule has 0 saturated carbocycles. The molecule has 2 aromatic carbocycles. The summed E-state index contributed by atoms with van der Waals surface area (Å²) < 4.78 is 13.2. The number of anilines is 1. The fourth-order valence-corrected chi connectivity index (χ4v) is 2.11. The first kappa shape index (κ1) is 13.2. The number of halogens is 3. The molecule has 0 amide bonds. The van der Waals surface area contributed by atoms with Crippen LogP contribution in [-0.4, -0.2) is 0 Å². The van der Waals surface area contributed by atoms with Gasteiger partial charge in [0.25, 0.3) is 0 Å². The minimum atomic E-state index is -0.338. The first-order chi connectivity index (χ1) is 8.54. The summed E-state index contributed by atoms with van der Waals surface area (Å²) >= 11 is 11.9. The minimum absolute atomic E-state index is 0.338. The largest absolute Gasteiger partial charge is 0.380 e. The van der Waals surface area contributed by atoms with Gasteiger partial charge in [-0.1, -0.05) is 29.3 Å². The van der Waals surface area contributed by atoms with E-state index >= 15 is 0 Å². The van der Waals surface area contributed by atoms with Crippen molar-refractivity contribution in [1.29, 1.82) is 0 Å². The Bertz CT molecular complexity index is 549. The van der Waals surface area contributed by atoms with Gasteiger partial charge in [-0.05, 0) is 48.4 Å². The van der Waals surface area contributed by atoms with Gasteiger partial charge in [0.15, 0.2) is 0 Å². The highest BCUT2D eigenvalue weighted by molar-refractivity contribution is 6.33. The van der Waals surface area contributed by atoms with Crippen molar-refractivity contribution in [3.63, 3.8) is 0 Å². The third-order valence-corrected chi connectivity index (χ3v) is 3.07. The lowest BCUT2D eigenvalue weighted by atomic mass is 10.2. The quantitative estimate of drug-likeness (QED) is 0.831. The summed E-state index contributed by atoms with van der Waals surface area (Å²) in [7, 11) is 0. The van der Waals surface area contributed by atoms with Crippen LogP contribution in [0.2, 0.25) is 10.0 Å². The average molecular weight is 284 g/mol. The van der Waals surface area contributed by atoms with Gasteiger partial charge in [0.2, 0.25) is 0 Å². The molecule has 4 heteroatoms. The highest BCUT2D eigenvalue weighted by atomic mass is 35.5. The Kier molecular flexibility index (Phi) is 4.10. The monoisotopic (exact) mass is 283 g/mol. The molecule has 2 aromatic rings. The van der Waals surface area contributed by atoms with Crippen molar-refractivity contribution in [3.8, 4) is 0 Å². The fourth-order valence-electron chi connectivity index (χ4n) is 1.68. The van der Waals surface area contributed by atoms with Crippen molar-refractivity contribution in [3.05, 3.63) is 63.4 Å². The van der Waals surface area contributed by atoms with Crippen LogP contribution in [0.15, 0.2) is 36.4 Å². The van der Waals surface area contributed by atoms with Gasteiger partial charge in [0, 0.05) is 11.6 Å². The molecular weight excluding hydrogens is 272 g/mol. The van der Waals surface area contributed by atoms with Crippen molar-refractivity contribution in [2.45, 2.75) is 13.5 Å². The smallest absolute Gasteiger partial charge is 0.125 e. The first-order valence-corrected chi connectivity index (χ1v) is 6.25. The number of hydrogen-bond acceptors (Lipinski definition) is 1. The molecule has 0 saturated heterocycles. The molecule has 0 aromatic heterocycles. The zero-order valence-corrected chi connectivity index (χ0v) is 11.3. The fraction of sp³-hybridized carbons (Fsp3) is 0.143. The van der Waals surface area contributed by atoms with Gasteiger partial charge in [-0.15, -0.1) is 0 Å². The first-order valence-electron chi connectivity index (χ1n) is 5.49. The second-order valence-electron chi connectivity index (χ2n) is 4.11. The van der Waals surface area contributed by atoms with Gasteiger partial charge in [0.1, 0.15) is 5.82 Å². The maximum Gasteiger partial charge on any atom is 0.125 e. The van der Waals surface area contributed by atoms with Crippen molar-refractivity contribution in [2.75, 3.05) is 5.32 Å². The summed E-state index contributed by atoms with van der Waals surface area (Å²) in [6, 6.07) is 10.2. The Hall–Kier alpha value is -1.25. The molecule has 0 radical (unpaired) electrons. The molecule has 0 aliphatic rings. The Balaban J connectivity index is 2.13. The van der Waals surface area contributed by atoms with E-state index in [-0.39, 0.29) is 5.82 Å². The van der Waals surface area contributed by atoms with Gasteiger partial charge in [-0.3, -0.25) is 0 Å². The van der Waals surface area contributed by atoms with Crippen LogP contribution in [0.4, 0.5) is 10.1 Å². The Morgan fingerprint density at radius 1 is 1.11 bits per heavy atom. The molecule has 0 heterocycles. The molecular formula is C14H12Cl2FN. The molecule has 18 heavy (non-hydrogen) atoms. The number of rotatable bonds is 3. The van der Waals surface area contributed by atoms with Crippen molar-refractivity contribution in [2.24, 2.45) is 0 Å². The predicted molar refractivity (Wildman–Crippen MR) is 74.9 cm³/mol. The van der Waals surface area contributed by atoms with Crippen molar-refractivity contribution < 1.29 is 4.39 Å². The van der Waals surface area contributed by atoms with E-state index in [4.69, 9.17) is 23.2 Å². The van der Waals surface area contributed by atoms with Crippen molar-refractivity contribution in [1.82, 2.24) is 0 Å². The number of aryl methyl sites for hydroxylation is 1. The van der Waals surface area contributed by atoms with E-state index in [1.165, 1.54) is 12.1 Å². The molecule has 2 rings (SSSR count). The lowest BCUT2D eigenvalue weighted by Gasteiger charge is -2.09. The van der Waals surface area contributed by atoms with E-state index < -0.39 is 0 Å². The normalized spacial score (nSPS) is 10.4. The summed E-state index contributed by atoms with van der Waals surface area (Å²) in [5.74, 6) is -0.338. The van der Waals surface area contributed by atoms with Crippen LogP contribution in [0.25, 0.3) is 0 Å². The summed E-state index contributed by atoms with van der Waals surface area (Å²) in [4.78, 5) is 0. The SMILES string of the molecule is Cc1ccc(Cl)c(NCc2cc(F)cc(Cl)c2)c1. The third-order valence-electron chi connectivity index (χ3n) is 2.53.